The highest BCUT2D eigenvalue weighted by Gasteiger charge is 2.10. The first-order valence-electron chi connectivity index (χ1n) is 8.10. The van der Waals surface area contributed by atoms with E-state index in [2.05, 4.69) is 37.9 Å². The average molecular weight is 504 g/mol. The lowest BCUT2D eigenvalue weighted by Crippen LogP contribution is -1.97. The molecule has 0 bridgehead atoms. The van der Waals surface area contributed by atoms with Gasteiger partial charge in [0.1, 0.15) is 12.4 Å². The molecule has 134 valence electrons. The monoisotopic (exact) mass is 501 g/mol. The lowest BCUT2D eigenvalue weighted by molar-refractivity contribution is 0.302. The van der Waals surface area contributed by atoms with Crippen LogP contribution in [0.4, 0.5) is 0 Å². The summed E-state index contributed by atoms with van der Waals surface area (Å²) >= 11 is 13.1. The zero-order valence-corrected chi connectivity index (χ0v) is 18.1. The molecule has 3 rings (SSSR count). The van der Waals surface area contributed by atoms with Crippen molar-refractivity contribution in [2.45, 2.75) is 6.61 Å². The van der Waals surface area contributed by atoms with Gasteiger partial charge in [-0.1, -0.05) is 54.1 Å². The maximum atomic E-state index is 9.51. The Morgan fingerprint density at radius 3 is 2.22 bits per heavy atom. The van der Waals surface area contributed by atoms with Gasteiger partial charge in [-0.2, -0.15) is 5.26 Å². The van der Waals surface area contributed by atoms with Gasteiger partial charge in [0.15, 0.2) is 0 Å². The molecule has 0 fully saturated rings. The number of halogens is 3. The first-order valence-corrected chi connectivity index (χ1v) is 10.1. The second-order valence-corrected chi connectivity index (χ2v) is 7.91. The molecule has 0 atom stereocenters. The van der Waals surface area contributed by atoms with E-state index in [1.165, 1.54) is 0 Å². The van der Waals surface area contributed by atoms with Gasteiger partial charge < -0.3 is 4.74 Å². The third-order valence-electron chi connectivity index (χ3n) is 3.83. The Bertz CT molecular complexity index is 986. The van der Waals surface area contributed by atoms with Crippen LogP contribution >= 0.6 is 43.5 Å². The van der Waals surface area contributed by atoms with Crippen molar-refractivity contribution >= 4 is 55.1 Å². The molecule has 27 heavy (non-hydrogen) atoms. The van der Waals surface area contributed by atoms with Gasteiger partial charge in [-0.15, -0.1) is 0 Å². The first-order chi connectivity index (χ1) is 13.1. The van der Waals surface area contributed by atoms with Gasteiger partial charge in [0, 0.05) is 5.02 Å². The Morgan fingerprint density at radius 2 is 1.63 bits per heavy atom. The van der Waals surface area contributed by atoms with Gasteiger partial charge in [-0.3, -0.25) is 0 Å². The molecule has 0 aliphatic rings. The highest BCUT2D eigenvalue weighted by atomic mass is 79.9. The van der Waals surface area contributed by atoms with E-state index in [0.29, 0.717) is 17.2 Å². The van der Waals surface area contributed by atoms with Crippen LogP contribution in [0.1, 0.15) is 16.7 Å². The number of hydrogen-bond acceptors (Lipinski definition) is 2. The number of hydrogen-bond donors (Lipinski definition) is 0. The Kier molecular flexibility index (Phi) is 6.73. The lowest BCUT2D eigenvalue weighted by atomic mass is 10.0. The standard InChI is InChI=1S/C22H14Br2ClNO/c23-20-11-16(10-18(13-26)17-6-8-19(25)9-7-17)12-21(24)22(20)27-14-15-4-2-1-3-5-15/h1-12H,14H2/b18-10-. The van der Waals surface area contributed by atoms with Gasteiger partial charge in [-0.05, 0) is 78.9 Å². The molecule has 0 radical (unpaired) electrons. The van der Waals surface area contributed by atoms with Crippen molar-refractivity contribution in [2.24, 2.45) is 0 Å². The van der Waals surface area contributed by atoms with Crippen LogP contribution in [0.15, 0.2) is 75.7 Å². The maximum absolute atomic E-state index is 9.51. The summed E-state index contributed by atoms with van der Waals surface area (Å²) in [5.74, 6) is 0.723. The van der Waals surface area contributed by atoms with Crippen molar-refractivity contribution in [3.63, 3.8) is 0 Å². The lowest BCUT2D eigenvalue weighted by Gasteiger charge is -2.12. The Labute approximate surface area is 180 Å². The summed E-state index contributed by atoms with van der Waals surface area (Å²) in [5.41, 5.74) is 3.35. The maximum Gasteiger partial charge on any atom is 0.148 e. The van der Waals surface area contributed by atoms with Crippen LogP contribution in [-0.2, 0) is 6.61 Å². The van der Waals surface area contributed by atoms with Crippen LogP contribution in [-0.4, -0.2) is 0 Å². The summed E-state index contributed by atoms with van der Waals surface area (Å²) in [5, 5.41) is 10.2. The minimum atomic E-state index is 0.474. The van der Waals surface area contributed by atoms with E-state index in [4.69, 9.17) is 16.3 Å². The fourth-order valence-electron chi connectivity index (χ4n) is 2.51. The van der Waals surface area contributed by atoms with Crippen LogP contribution in [0.25, 0.3) is 11.6 Å². The van der Waals surface area contributed by atoms with Crippen molar-refractivity contribution in [3.05, 3.63) is 97.4 Å². The average Bonchev–Trinajstić information content (AvgIpc) is 2.67. The SMILES string of the molecule is N#C/C(=C/c1cc(Br)c(OCc2ccccc2)c(Br)c1)c1ccc(Cl)cc1. The van der Waals surface area contributed by atoms with E-state index < -0.39 is 0 Å². The Balaban J connectivity index is 1.85. The smallest absolute Gasteiger partial charge is 0.148 e. The quantitative estimate of drug-likeness (QED) is 0.267. The molecule has 0 spiro atoms. The number of ether oxygens (including phenoxy) is 1. The van der Waals surface area contributed by atoms with Gasteiger partial charge in [0.25, 0.3) is 0 Å². The Morgan fingerprint density at radius 1 is 1.00 bits per heavy atom. The van der Waals surface area contributed by atoms with E-state index in [0.717, 1.165) is 31.4 Å². The van der Waals surface area contributed by atoms with Gasteiger partial charge >= 0.3 is 0 Å². The fraction of sp³-hybridized carbons (Fsp3) is 0.0455. The topological polar surface area (TPSA) is 33.0 Å². The van der Waals surface area contributed by atoms with Crippen molar-refractivity contribution < 1.29 is 4.74 Å². The third kappa shape index (κ3) is 5.23. The molecule has 0 unspecified atom stereocenters. The van der Waals surface area contributed by atoms with E-state index >= 15 is 0 Å². The van der Waals surface area contributed by atoms with Crippen LogP contribution in [0.5, 0.6) is 5.75 Å². The van der Waals surface area contributed by atoms with Gasteiger partial charge in [-0.25, -0.2) is 0 Å². The van der Waals surface area contributed by atoms with Crippen LogP contribution in [0.2, 0.25) is 5.02 Å². The summed E-state index contributed by atoms with van der Waals surface area (Å²) in [4.78, 5) is 0. The van der Waals surface area contributed by atoms with Gasteiger partial charge in [0.2, 0.25) is 0 Å². The van der Waals surface area contributed by atoms with Crippen LogP contribution in [0, 0.1) is 11.3 Å². The minimum absolute atomic E-state index is 0.474. The predicted octanol–water partition coefficient (Wildman–Crippen LogP) is 7.51. The number of rotatable bonds is 5. The summed E-state index contributed by atoms with van der Waals surface area (Å²) in [6.07, 6.45) is 1.83. The Hall–Kier alpha value is -2.06. The second kappa shape index (κ2) is 9.23. The highest BCUT2D eigenvalue weighted by Crippen LogP contribution is 2.36. The molecular formula is C22H14Br2ClNO. The molecule has 0 aliphatic heterocycles. The van der Waals surface area contributed by atoms with Crippen molar-refractivity contribution in [1.29, 1.82) is 5.26 Å². The summed E-state index contributed by atoms with van der Waals surface area (Å²) in [6, 6.07) is 23.3. The normalized spacial score (nSPS) is 11.1. The second-order valence-electron chi connectivity index (χ2n) is 5.76. The van der Waals surface area contributed by atoms with Crippen LogP contribution < -0.4 is 4.74 Å². The largest absolute Gasteiger partial charge is 0.487 e. The third-order valence-corrected chi connectivity index (χ3v) is 5.26. The predicted molar refractivity (Wildman–Crippen MR) is 118 cm³/mol. The molecule has 0 saturated carbocycles. The molecule has 0 heterocycles. The number of benzene rings is 3. The van der Waals surface area contributed by atoms with Crippen molar-refractivity contribution in [3.8, 4) is 11.8 Å². The number of nitrogens with zero attached hydrogens (tertiary/aromatic N) is 1. The van der Waals surface area contributed by atoms with Crippen molar-refractivity contribution in [2.75, 3.05) is 0 Å². The zero-order valence-electron chi connectivity index (χ0n) is 14.1. The number of allylic oxidation sites excluding steroid dienone is 1. The summed E-state index contributed by atoms with van der Waals surface area (Å²) in [6.45, 7) is 0.474. The van der Waals surface area contributed by atoms with E-state index in [-0.39, 0.29) is 0 Å². The van der Waals surface area contributed by atoms with Crippen molar-refractivity contribution in [1.82, 2.24) is 0 Å². The van der Waals surface area contributed by atoms with E-state index in [1.54, 1.807) is 12.1 Å². The molecule has 5 heteroatoms. The van der Waals surface area contributed by atoms with Gasteiger partial charge in [0.05, 0.1) is 20.6 Å². The zero-order chi connectivity index (χ0) is 19.2. The van der Waals surface area contributed by atoms with E-state index in [9.17, 15) is 5.26 Å². The molecule has 0 aromatic heterocycles. The number of nitriles is 1. The fourth-order valence-corrected chi connectivity index (χ4v) is 4.08. The minimum Gasteiger partial charge on any atom is -0.487 e. The van der Waals surface area contributed by atoms with E-state index in [1.807, 2.05) is 60.7 Å². The molecule has 0 aliphatic carbocycles. The first kappa shape index (κ1) is 19.7. The summed E-state index contributed by atoms with van der Waals surface area (Å²) in [7, 11) is 0. The highest BCUT2D eigenvalue weighted by molar-refractivity contribution is 9.11. The molecule has 0 saturated heterocycles. The van der Waals surface area contributed by atoms with Crippen LogP contribution in [0.3, 0.4) is 0 Å². The summed E-state index contributed by atoms with van der Waals surface area (Å²) < 4.78 is 7.57. The molecule has 3 aromatic rings. The molecule has 0 amide bonds. The molecular weight excluding hydrogens is 490 g/mol. The molecule has 3 aromatic carbocycles. The molecule has 2 nitrogen and oxygen atoms in total. The molecule has 0 N–H and O–H groups in total.